The van der Waals surface area contributed by atoms with Crippen LogP contribution in [-0.4, -0.2) is 23.7 Å². The van der Waals surface area contributed by atoms with Gasteiger partial charge in [0.05, 0.1) is 5.56 Å². The van der Waals surface area contributed by atoms with Crippen molar-refractivity contribution in [1.29, 1.82) is 0 Å². The monoisotopic (exact) mass is 313 g/mol. The number of carbonyl (C=O) groups is 1. The Labute approximate surface area is 113 Å². The summed E-state index contributed by atoms with van der Waals surface area (Å²) in [5.74, 6) is -0.935. The highest BCUT2D eigenvalue weighted by atomic mass is 79.9. The van der Waals surface area contributed by atoms with E-state index in [1.165, 1.54) is 12.1 Å². The largest absolute Gasteiger partial charge is 0.396 e. The highest BCUT2D eigenvalue weighted by Gasteiger charge is 2.22. The summed E-state index contributed by atoms with van der Waals surface area (Å²) in [7, 11) is 0. The van der Waals surface area contributed by atoms with Crippen molar-refractivity contribution in [1.82, 2.24) is 5.32 Å². The number of carbonyl (C=O) groups excluding carboxylic acids is 1. The molecule has 0 saturated carbocycles. The number of amides is 1. The summed E-state index contributed by atoms with van der Waals surface area (Å²) < 4.78 is 14.0. The third-order valence-corrected chi connectivity index (χ3v) is 3.57. The van der Waals surface area contributed by atoms with Crippen LogP contribution in [0.5, 0.6) is 0 Å². The van der Waals surface area contributed by atoms with Crippen molar-refractivity contribution in [3.63, 3.8) is 0 Å². The van der Waals surface area contributed by atoms with E-state index in [4.69, 9.17) is 5.11 Å². The molecule has 2 atom stereocenters. The van der Waals surface area contributed by atoms with Crippen molar-refractivity contribution in [2.75, 3.05) is 6.61 Å². The molecule has 0 heterocycles. The van der Waals surface area contributed by atoms with Crippen LogP contribution < -0.4 is 5.32 Å². The fraction of sp³-hybridized carbons (Fsp3) is 0.308. The maximum Gasteiger partial charge on any atom is 0.255 e. The number of hydrogen-bond donors (Lipinski definition) is 2. The van der Waals surface area contributed by atoms with Crippen LogP contribution in [0.15, 0.2) is 34.8 Å². The number of aliphatic hydroxyl groups excluding tert-OH is 1. The molecule has 0 aromatic heterocycles. The Bertz CT molecular complexity index is 470. The van der Waals surface area contributed by atoms with Crippen molar-refractivity contribution in [2.24, 2.45) is 5.92 Å². The predicted molar refractivity (Wildman–Crippen MR) is 69.7 cm³/mol. The van der Waals surface area contributed by atoms with E-state index in [-0.39, 0.29) is 24.1 Å². The second-order valence-electron chi connectivity index (χ2n) is 4.24. The first-order valence-corrected chi connectivity index (χ1v) is 6.45. The normalized spacial score (nSPS) is 22.2. The van der Waals surface area contributed by atoms with Crippen molar-refractivity contribution < 1.29 is 14.3 Å². The van der Waals surface area contributed by atoms with Gasteiger partial charge >= 0.3 is 0 Å². The van der Waals surface area contributed by atoms with Gasteiger partial charge in [0.1, 0.15) is 5.82 Å². The second-order valence-corrected chi connectivity index (χ2v) is 5.09. The minimum absolute atomic E-state index is 0.0124. The van der Waals surface area contributed by atoms with Crippen molar-refractivity contribution in [3.05, 3.63) is 46.2 Å². The number of halogens is 2. The summed E-state index contributed by atoms with van der Waals surface area (Å²) in [4.78, 5) is 12.0. The van der Waals surface area contributed by atoms with Gasteiger partial charge in [-0.25, -0.2) is 4.39 Å². The maximum absolute atomic E-state index is 13.6. The molecule has 1 aromatic carbocycles. The number of benzene rings is 1. The zero-order valence-electron chi connectivity index (χ0n) is 9.57. The topological polar surface area (TPSA) is 49.3 Å². The molecular formula is C13H13BrFNO2. The molecule has 2 rings (SSSR count). The lowest BCUT2D eigenvalue weighted by Gasteiger charge is -2.13. The van der Waals surface area contributed by atoms with Gasteiger partial charge in [0.15, 0.2) is 0 Å². The molecule has 18 heavy (non-hydrogen) atoms. The first-order valence-electron chi connectivity index (χ1n) is 5.66. The average Bonchev–Trinajstić information content (AvgIpc) is 2.76. The third-order valence-electron chi connectivity index (χ3n) is 2.91. The average molecular weight is 314 g/mol. The number of aliphatic hydroxyl groups is 1. The first kappa shape index (κ1) is 13.2. The molecule has 1 amide bonds. The third kappa shape index (κ3) is 2.79. The summed E-state index contributed by atoms with van der Waals surface area (Å²) in [5.41, 5.74) is 0.0124. The molecule has 0 spiro atoms. The van der Waals surface area contributed by atoms with Crippen LogP contribution in [0.1, 0.15) is 16.8 Å². The molecule has 0 radical (unpaired) electrons. The van der Waals surface area contributed by atoms with Crippen LogP contribution >= 0.6 is 15.9 Å². The number of hydrogen-bond acceptors (Lipinski definition) is 2. The standard InChI is InChI=1S/C13H13BrFNO2/c14-10-2-1-3-11(15)12(10)13(18)16-9-5-4-8(6-9)7-17/h1-5,8-9,17H,6-7H2,(H,16,18)/t8-,9+/m0/s1. The Balaban J connectivity index is 2.07. The minimum Gasteiger partial charge on any atom is -0.396 e. The van der Waals surface area contributed by atoms with Gasteiger partial charge in [0.2, 0.25) is 0 Å². The Hall–Kier alpha value is -1.20. The van der Waals surface area contributed by atoms with E-state index in [9.17, 15) is 9.18 Å². The Kier molecular flexibility index (Phi) is 4.14. The van der Waals surface area contributed by atoms with Crippen LogP contribution in [0.4, 0.5) is 4.39 Å². The molecule has 0 bridgehead atoms. The van der Waals surface area contributed by atoms with Crippen molar-refractivity contribution >= 4 is 21.8 Å². The molecule has 0 unspecified atom stereocenters. The Morgan fingerprint density at radius 2 is 2.28 bits per heavy atom. The second kappa shape index (κ2) is 5.63. The molecular weight excluding hydrogens is 301 g/mol. The molecule has 5 heteroatoms. The van der Waals surface area contributed by atoms with Gasteiger partial charge in [-0.1, -0.05) is 18.2 Å². The summed E-state index contributed by atoms with van der Waals surface area (Å²) in [5, 5.41) is 11.7. The first-order chi connectivity index (χ1) is 8.61. The van der Waals surface area contributed by atoms with Crippen LogP contribution in [0.25, 0.3) is 0 Å². The van der Waals surface area contributed by atoms with Crippen molar-refractivity contribution in [3.8, 4) is 0 Å². The van der Waals surface area contributed by atoms with E-state index in [1.54, 1.807) is 6.07 Å². The highest BCUT2D eigenvalue weighted by molar-refractivity contribution is 9.10. The zero-order valence-corrected chi connectivity index (χ0v) is 11.2. The smallest absolute Gasteiger partial charge is 0.255 e. The van der Waals surface area contributed by atoms with Gasteiger partial charge in [-0.15, -0.1) is 0 Å². The van der Waals surface area contributed by atoms with Crippen LogP contribution in [0.3, 0.4) is 0 Å². The molecule has 3 nitrogen and oxygen atoms in total. The SMILES string of the molecule is O=C(N[C@@H]1C=C[C@H](CO)C1)c1c(F)cccc1Br. The summed E-state index contributed by atoms with van der Waals surface area (Å²) >= 11 is 3.16. The van der Waals surface area contributed by atoms with Gasteiger partial charge < -0.3 is 10.4 Å². The van der Waals surface area contributed by atoms with Crippen LogP contribution in [-0.2, 0) is 0 Å². The molecule has 96 valence electrons. The fourth-order valence-corrected chi connectivity index (χ4v) is 2.49. The van der Waals surface area contributed by atoms with Crippen LogP contribution in [0, 0.1) is 11.7 Å². The lowest BCUT2D eigenvalue weighted by atomic mass is 10.1. The van der Waals surface area contributed by atoms with Gasteiger partial charge in [0.25, 0.3) is 5.91 Å². The lowest BCUT2D eigenvalue weighted by molar-refractivity contribution is 0.0936. The van der Waals surface area contributed by atoms with Gasteiger partial charge in [-0.2, -0.15) is 0 Å². The van der Waals surface area contributed by atoms with Gasteiger partial charge in [-0.3, -0.25) is 4.79 Å². The van der Waals surface area contributed by atoms with E-state index in [2.05, 4.69) is 21.2 Å². The quantitative estimate of drug-likeness (QED) is 0.841. The maximum atomic E-state index is 13.6. The van der Waals surface area contributed by atoms with Crippen LogP contribution in [0.2, 0.25) is 0 Å². The lowest BCUT2D eigenvalue weighted by Crippen LogP contribution is -2.33. The highest BCUT2D eigenvalue weighted by Crippen LogP contribution is 2.21. The number of rotatable bonds is 3. The predicted octanol–water partition coefficient (Wildman–Crippen LogP) is 2.25. The van der Waals surface area contributed by atoms with Gasteiger partial charge in [-0.05, 0) is 34.5 Å². The molecule has 1 aliphatic carbocycles. The molecule has 0 saturated heterocycles. The van der Waals surface area contributed by atoms with E-state index in [0.717, 1.165) is 0 Å². The van der Waals surface area contributed by atoms with E-state index in [1.807, 2.05) is 12.2 Å². The number of nitrogens with one attached hydrogen (secondary N) is 1. The molecule has 1 aliphatic rings. The Morgan fingerprint density at radius 3 is 2.89 bits per heavy atom. The fourth-order valence-electron chi connectivity index (χ4n) is 1.97. The summed E-state index contributed by atoms with van der Waals surface area (Å²) in [6, 6.07) is 4.26. The molecule has 1 aromatic rings. The van der Waals surface area contributed by atoms with E-state index in [0.29, 0.717) is 10.9 Å². The zero-order chi connectivity index (χ0) is 13.1. The molecule has 2 N–H and O–H groups in total. The minimum atomic E-state index is -0.553. The van der Waals surface area contributed by atoms with Crippen molar-refractivity contribution in [2.45, 2.75) is 12.5 Å². The van der Waals surface area contributed by atoms with E-state index < -0.39 is 11.7 Å². The molecule has 0 fully saturated rings. The Morgan fingerprint density at radius 1 is 1.50 bits per heavy atom. The van der Waals surface area contributed by atoms with E-state index >= 15 is 0 Å². The summed E-state index contributed by atoms with van der Waals surface area (Å²) in [6.07, 6.45) is 4.34. The molecule has 0 aliphatic heterocycles. The van der Waals surface area contributed by atoms with Gasteiger partial charge in [0, 0.05) is 23.0 Å². The summed E-state index contributed by atoms with van der Waals surface area (Å²) in [6.45, 7) is 0.0618.